The van der Waals surface area contributed by atoms with Gasteiger partial charge in [0.15, 0.2) is 6.29 Å². The molecule has 0 amide bonds. The number of ether oxygens (including phenoxy) is 2. The molecule has 1 aliphatic heterocycles. The Morgan fingerprint density at radius 3 is 2.65 bits per heavy atom. The number of aryl methyl sites for hydroxylation is 1. The molecule has 0 unspecified atom stereocenters. The zero-order valence-electron chi connectivity index (χ0n) is 9.80. The first-order valence-electron chi connectivity index (χ1n) is 5.82. The van der Waals surface area contributed by atoms with Crippen molar-refractivity contribution < 1.29 is 9.47 Å². The van der Waals surface area contributed by atoms with Crippen molar-refractivity contribution in [1.29, 1.82) is 0 Å². The van der Waals surface area contributed by atoms with E-state index >= 15 is 0 Å². The van der Waals surface area contributed by atoms with Gasteiger partial charge >= 0.3 is 0 Å². The molecule has 0 atom stereocenters. The molecule has 0 saturated carbocycles. The minimum Gasteiger partial charge on any atom is -0.346 e. The number of para-hydroxylation sites is 1. The van der Waals surface area contributed by atoms with Crippen LogP contribution in [0.2, 0.25) is 0 Å². The summed E-state index contributed by atoms with van der Waals surface area (Å²) in [5, 5.41) is 0. The van der Waals surface area contributed by atoms with Gasteiger partial charge in [0, 0.05) is 23.6 Å². The molecule has 2 aromatic rings. The topological polar surface area (TPSA) is 23.4 Å². The summed E-state index contributed by atoms with van der Waals surface area (Å²) in [6.07, 6.45) is 3.92. The molecule has 0 aliphatic carbocycles. The lowest BCUT2D eigenvalue weighted by molar-refractivity contribution is -0.0440. The van der Waals surface area contributed by atoms with E-state index in [4.69, 9.17) is 9.47 Å². The highest BCUT2D eigenvalue weighted by Gasteiger charge is 2.19. The van der Waals surface area contributed by atoms with E-state index < -0.39 is 0 Å². The van der Waals surface area contributed by atoms with Gasteiger partial charge < -0.3 is 14.0 Å². The quantitative estimate of drug-likeness (QED) is 0.790. The third-order valence-electron chi connectivity index (χ3n) is 3.00. The van der Waals surface area contributed by atoms with Crippen molar-refractivity contribution in [1.82, 2.24) is 4.57 Å². The maximum atomic E-state index is 5.48. The molecule has 2 heterocycles. The van der Waals surface area contributed by atoms with Gasteiger partial charge in [-0.25, -0.2) is 0 Å². The minimum atomic E-state index is -0.194. The van der Waals surface area contributed by atoms with Crippen molar-refractivity contribution in [3.8, 4) is 5.69 Å². The van der Waals surface area contributed by atoms with Crippen LogP contribution in [0.4, 0.5) is 0 Å². The number of benzene rings is 1. The van der Waals surface area contributed by atoms with Gasteiger partial charge in [-0.15, -0.1) is 0 Å². The van der Waals surface area contributed by atoms with Gasteiger partial charge in [0.1, 0.15) is 0 Å². The summed E-state index contributed by atoms with van der Waals surface area (Å²) in [5.74, 6) is 0. The van der Waals surface area contributed by atoms with Crippen molar-refractivity contribution in [2.75, 3.05) is 13.2 Å². The van der Waals surface area contributed by atoms with Crippen LogP contribution in [0.5, 0.6) is 0 Å². The number of nitrogens with zero attached hydrogens (tertiary/aromatic N) is 1. The largest absolute Gasteiger partial charge is 0.346 e. The van der Waals surface area contributed by atoms with Crippen LogP contribution in [0.1, 0.15) is 17.4 Å². The van der Waals surface area contributed by atoms with Crippen molar-refractivity contribution >= 4 is 0 Å². The molecule has 0 N–H and O–H groups in total. The first-order valence-corrected chi connectivity index (χ1v) is 5.82. The number of rotatable bonds is 2. The third kappa shape index (κ3) is 1.99. The Morgan fingerprint density at radius 1 is 1.12 bits per heavy atom. The lowest BCUT2D eigenvalue weighted by Crippen LogP contribution is -1.97. The molecule has 17 heavy (non-hydrogen) atoms. The molecule has 1 aliphatic rings. The maximum Gasteiger partial charge on any atom is 0.185 e. The van der Waals surface area contributed by atoms with Gasteiger partial charge in [0.2, 0.25) is 0 Å². The predicted molar refractivity (Wildman–Crippen MR) is 65.2 cm³/mol. The second-order valence-corrected chi connectivity index (χ2v) is 4.21. The Balaban J connectivity index is 1.92. The summed E-state index contributed by atoms with van der Waals surface area (Å²) < 4.78 is 13.1. The minimum absolute atomic E-state index is 0.194. The summed E-state index contributed by atoms with van der Waals surface area (Å²) in [7, 11) is 0. The molecule has 3 heteroatoms. The smallest absolute Gasteiger partial charge is 0.185 e. The fourth-order valence-corrected chi connectivity index (χ4v) is 2.11. The van der Waals surface area contributed by atoms with Gasteiger partial charge in [0.05, 0.1) is 13.2 Å². The van der Waals surface area contributed by atoms with E-state index in [0.29, 0.717) is 13.2 Å². The number of aromatic nitrogens is 1. The Kier molecular flexibility index (Phi) is 2.71. The second-order valence-electron chi connectivity index (χ2n) is 4.21. The average Bonchev–Trinajstić information content (AvgIpc) is 3.00. The fourth-order valence-electron chi connectivity index (χ4n) is 2.11. The van der Waals surface area contributed by atoms with Crippen LogP contribution >= 0.6 is 0 Å². The Morgan fingerprint density at radius 2 is 1.88 bits per heavy atom. The molecule has 1 saturated heterocycles. The highest BCUT2D eigenvalue weighted by molar-refractivity contribution is 5.41. The standard InChI is InChI=1S/C14H15NO2/c1-11-4-2-3-5-13(11)15-7-6-12(10-15)14-16-8-9-17-14/h2-7,10,14H,8-9H2,1H3. The van der Waals surface area contributed by atoms with Crippen LogP contribution in [0.15, 0.2) is 42.7 Å². The van der Waals surface area contributed by atoms with E-state index in [0.717, 1.165) is 5.56 Å². The molecule has 1 aromatic heterocycles. The van der Waals surface area contributed by atoms with Gasteiger partial charge in [-0.3, -0.25) is 0 Å². The van der Waals surface area contributed by atoms with Crippen LogP contribution < -0.4 is 0 Å². The van der Waals surface area contributed by atoms with Gasteiger partial charge in [-0.2, -0.15) is 0 Å². The fraction of sp³-hybridized carbons (Fsp3) is 0.286. The first kappa shape index (κ1) is 10.6. The Labute approximate surface area is 101 Å². The molecule has 1 aromatic carbocycles. The molecular formula is C14H15NO2. The monoisotopic (exact) mass is 229 g/mol. The zero-order chi connectivity index (χ0) is 11.7. The number of hydrogen-bond donors (Lipinski definition) is 0. The molecule has 3 nitrogen and oxygen atoms in total. The van der Waals surface area contributed by atoms with Crippen LogP contribution in [0.25, 0.3) is 5.69 Å². The molecule has 0 bridgehead atoms. The van der Waals surface area contributed by atoms with E-state index in [1.165, 1.54) is 11.3 Å². The van der Waals surface area contributed by atoms with Crippen molar-refractivity contribution in [3.05, 3.63) is 53.9 Å². The summed E-state index contributed by atoms with van der Waals surface area (Å²) >= 11 is 0. The SMILES string of the molecule is Cc1ccccc1-n1ccc(C2OCCO2)c1. The third-order valence-corrected chi connectivity index (χ3v) is 3.00. The molecule has 1 fully saturated rings. The van der Waals surface area contributed by atoms with Crippen molar-refractivity contribution in [3.63, 3.8) is 0 Å². The molecule has 0 radical (unpaired) electrons. The van der Waals surface area contributed by atoms with Crippen LogP contribution in [0, 0.1) is 6.92 Å². The van der Waals surface area contributed by atoms with Gasteiger partial charge in [-0.1, -0.05) is 18.2 Å². The second kappa shape index (κ2) is 4.35. The Bertz CT molecular complexity index is 512. The Hall–Kier alpha value is -1.58. The number of hydrogen-bond acceptors (Lipinski definition) is 2. The van der Waals surface area contributed by atoms with Gasteiger partial charge in [0.25, 0.3) is 0 Å². The maximum absolute atomic E-state index is 5.48. The molecule has 3 rings (SSSR count). The van der Waals surface area contributed by atoms with Crippen molar-refractivity contribution in [2.24, 2.45) is 0 Å². The highest BCUT2D eigenvalue weighted by Crippen LogP contribution is 2.25. The molecular weight excluding hydrogens is 214 g/mol. The molecule has 0 spiro atoms. The summed E-state index contributed by atoms with van der Waals surface area (Å²) in [4.78, 5) is 0. The van der Waals surface area contributed by atoms with Crippen LogP contribution in [-0.2, 0) is 9.47 Å². The van der Waals surface area contributed by atoms with Gasteiger partial charge in [-0.05, 0) is 24.6 Å². The van der Waals surface area contributed by atoms with Crippen molar-refractivity contribution in [2.45, 2.75) is 13.2 Å². The highest BCUT2D eigenvalue weighted by atomic mass is 16.7. The van der Waals surface area contributed by atoms with E-state index in [1.807, 2.05) is 24.4 Å². The zero-order valence-corrected chi connectivity index (χ0v) is 9.80. The molecule has 88 valence electrons. The van der Waals surface area contributed by atoms with Crippen LogP contribution in [0.3, 0.4) is 0 Å². The van der Waals surface area contributed by atoms with E-state index in [9.17, 15) is 0 Å². The first-order chi connectivity index (χ1) is 8.34. The van der Waals surface area contributed by atoms with E-state index in [-0.39, 0.29) is 6.29 Å². The van der Waals surface area contributed by atoms with E-state index in [2.05, 4.69) is 29.8 Å². The summed E-state index contributed by atoms with van der Waals surface area (Å²) in [5.41, 5.74) is 3.52. The summed E-state index contributed by atoms with van der Waals surface area (Å²) in [6.45, 7) is 3.47. The van der Waals surface area contributed by atoms with E-state index in [1.54, 1.807) is 0 Å². The summed E-state index contributed by atoms with van der Waals surface area (Å²) in [6, 6.07) is 10.4. The van der Waals surface area contributed by atoms with Crippen LogP contribution in [-0.4, -0.2) is 17.8 Å². The average molecular weight is 229 g/mol. The lowest BCUT2D eigenvalue weighted by atomic mass is 10.2. The predicted octanol–water partition coefficient (Wildman–Crippen LogP) is 2.83. The normalized spacial score (nSPS) is 16.5. The lowest BCUT2D eigenvalue weighted by Gasteiger charge is -2.08.